The lowest BCUT2D eigenvalue weighted by Crippen LogP contribution is -2.36. The van der Waals surface area contributed by atoms with Crippen molar-refractivity contribution < 1.29 is 9.90 Å². The predicted octanol–water partition coefficient (Wildman–Crippen LogP) is 2.15. The fourth-order valence-electron chi connectivity index (χ4n) is 2.74. The van der Waals surface area contributed by atoms with Crippen molar-refractivity contribution in [3.05, 3.63) is 36.4 Å². The van der Waals surface area contributed by atoms with Crippen LogP contribution in [0, 0.1) is 12.8 Å². The molecule has 3 rings (SSSR count). The molecule has 2 aromatic heterocycles. The van der Waals surface area contributed by atoms with Gasteiger partial charge in [0, 0.05) is 37.1 Å². The van der Waals surface area contributed by atoms with Crippen molar-refractivity contribution in [1.29, 1.82) is 0 Å². The molecule has 6 heteroatoms. The minimum absolute atomic E-state index is 0.237. The van der Waals surface area contributed by atoms with E-state index in [0.717, 1.165) is 17.1 Å². The maximum Gasteiger partial charge on any atom is 0.306 e. The fraction of sp³-hybridized carbons (Fsp3) is 0.375. The average Bonchev–Trinajstić information content (AvgIpc) is 2.55. The van der Waals surface area contributed by atoms with Gasteiger partial charge in [-0.3, -0.25) is 9.78 Å². The van der Waals surface area contributed by atoms with Crippen LogP contribution in [0.25, 0.3) is 11.3 Å². The zero-order valence-electron chi connectivity index (χ0n) is 12.4. The number of pyridine rings is 1. The van der Waals surface area contributed by atoms with E-state index in [2.05, 4.69) is 19.9 Å². The summed E-state index contributed by atoms with van der Waals surface area (Å²) in [6.45, 7) is 3.30. The Morgan fingerprint density at radius 1 is 1.23 bits per heavy atom. The van der Waals surface area contributed by atoms with Gasteiger partial charge in [0.25, 0.3) is 0 Å². The smallest absolute Gasteiger partial charge is 0.306 e. The molecule has 3 heterocycles. The van der Waals surface area contributed by atoms with Gasteiger partial charge >= 0.3 is 5.97 Å². The van der Waals surface area contributed by atoms with Crippen molar-refractivity contribution >= 4 is 11.8 Å². The molecule has 0 bridgehead atoms. The highest BCUT2D eigenvalue weighted by Gasteiger charge is 2.25. The third kappa shape index (κ3) is 3.05. The standard InChI is InChI=1S/C16H18N4O2/c1-11-18-14(12-2-6-17-7-3-12)10-15(19-11)20-8-4-13(5-9-20)16(21)22/h2-3,6-7,10,13H,4-5,8-9H2,1H3,(H,21,22). The molecule has 0 aliphatic carbocycles. The van der Waals surface area contributed by atoms with Crippen LogP contribution in [0.3, 0.4) is 0 Å². The molecule has 0 unspecified atom stereocenters. The lowest BCUT2D eigenvalue weighted by atomic mass is 9.97. The fourth-order valence-corrected chi connectivity index (χ4v) is 2.74. The summed E-state index contributed by atoms with van der Waals surface area (Å²) in [5.41, 5.74) is 1.87. The van der Waals surface area contributed by atoms with Gasteiger partial charge in [-0.2, -0.15) is 0 Å². The van der Waals surface area contributed by atoms with Crippen LogP contribution in [-0.2, 0) is 4.79 Å². The molecule has 0 spiro atoms. The van der Waals surface area contributed by atoms with Crippen molar-refractivity contribution in [2.24, 2.45) is 5.92 Å². The van der Waals surface area contributed by atoms with Crippen molar-refractivity contribution in [3.8, 4) is 11.3 Å². The highest BCUT2D eigenvalue weighted by Crippen LogP contribution is 2.25. The van der Waals surface area contributed by atoms with Gasteiger partial charge < -0.3 is 10.0 Å². The second-order valence-electron chi connectivity index (χ2n) is 5.49. The Labute approximate surface area is 128 Å². The SMILES string of the molecule is Cc1nc(-c2ccncc2)cc(N2CCC(C(=O)O)CC2)n1. The van der Waals surface area contributed by atoms with Crippen LogP contribution in [0.1, 0.15) is 18.7 Å². The minimum Gasteiger partial charge on any atom is -0.481 e. The van der Waals surface area contributed by atoms with E-state index in [4.69, 9.17) is 5.11 Å². The lowest BCUT2D eigenvalue weighted by molar-refractivity contribution is -0.142. The number of hydrogen-bond acceptors (Lipinski definition) is 5. The number of anilines is 1. The molecule has 22 heavy (non-hydrogen) atoms. The Morgan fingerprint density at radius 3 is 2.55 bits per heavy atom. The van der Waals surface area contributed by atoms with Crippen LogP contribution in [0.2, 0.25) is 0 Å². The molecule has 114 valence electrons. The first-order valence-electron chi connectivity index (χ1n) is 7.37. The van der Waals surface area contributed by atoms with E-state index >= 15 is 0 Å². The molecular formula is C16H18N4O2. The number of aromatic nitrogens is 3. The van der Waals surface area contributed by atoms with Crippen LogP contribution in [0.15, 0.2) is 30.6 Å². The molecule has 0 radical (unpaired) electrons. The second kappa shape index (κ2) is 6.09. The van der Waals surface area contributed by atoms with Gasteiger partial charge in [-0.05, 0) is 31.9 Å². The van der Waals surface area contributed by atoms with Gasteiger partial charge in [-0.1, -0.05) is 0 Å². The quantitative estimate of drug-likeness (QED) is 0.935. The summed E-state index contributed by atoms with van der Waals surface area (Å²) in [6, 6.07) is 5.80. The van der Waals surface area contributed by atoms with Crippen molar-refractivity contribution in [3.63, 3.8) is 0 Å². The zero-order valence-corrected chi connectivity index (χ0v) is 12.4. The Kier molecular flexibility index (Phi) is 4.00. The first kappa shape index (κ1) is 14.4. The molecule has 1 aliphatic heterocycles. The molecule has 1 fully saturated rings. The Balaban J connectivity index is 1.83. The monoisotopic (exact) mass is 298 g/mol. The Bertz CT molecular complexity index is 667. The summed E-state index contributed by atoms with van der Waals surface area (Å²) in [7, 11) is 0. The molecule has 2 aromatic rings. The normalized spacial score (nSPS) is 15.8. The Hall–Kier alpha value is -2.50. The van der Waals surface area contributed by atoms with Gasteiger partial charge in [-0.15, -0.1) is 0 Å². The number of rotatable bonds is 3. The van der Waals surface area contributed by atoms with E-state index in [9.17, 15) is 4.79 Å². The van der Waals surface area contributed by atoms with Crippen LogP contribution in [0.4, 0.5) is 5.82 Å². The number of hydrogen-bond donors (Lipinski definition) is 1. The largest absolute Gasteiger partial charge is 0.481 e. The summed E-state index contributed by atoms with van der Waals surface area (Å²) in [6.07, 6.45) is 4.79. The molecule has 0 atom stereocenters. The summed E-state index contributed by atoms with van der Waals surface area (Å²) in [5, 5.41) is 9.08. The summed E-state index contributed by atoms with van der Waals surface area (Å²) < 4.78 is 0. The summed E-state index contributed by atoms with van der Waals surface area (Å²) >= 11 is 0. The van der Waals surface area contributed by atoms with Crippen LogP contribution < -0.4 is 4.90 Å². The maximum atomic E-state index is 11.0. The van der Waals surface area contributed by atoms with Gasteiger partial charge in [0.2, 0.25) is 0 Å². The topological polar surface area (TPSA) is 79.2 Å². The Morgan fingerprint density at radius 2 is 1.91 bits per heavy atom. The zero-order chi connectivity index (χ0) is 15.5. The summed E-state index contributed by atoms with van der Waals surface area (Å²) in [5.74, 6) is 0.641. The summed E-state index contributed by atoms with van der Waals surface area (Å²) in [4.78, 5) is 26.2. The number of aliphatic carboxylic acids is 1. The van der Waals surface area contributed by atoms with E-state index in [1.54, 1.807) is 12.4 Å². The first-order chi connectivity index (χ1) is 10.6. The average molecular weight is 298 g/mol. The molecular weight excluding hydrogens is 280 g/mol. The van der Waals surface area contributed by atoms with E-state index in [1.807, 2.05) is 25.1 Å². The van der Waals surface area contributed by atoms with Gasteiger partial charge in [0.05, 0.1) is 11.6 Å². The number of carboxylic acid groups (broad SMARTS) is 1. The molecule has 1 N–H and O–H groups in total. The van der Waals surface area contributed by atoms with Gasteiger partial charge in [0.15, 0.2) is 0 Å². The molecule has 1 saturated heterocycles. The molecule has 1 aliphatic rings. The minimum atomic E-state index is -0.698. The van der Waals surface area contributed by atoms with E-state index in [1.165, 1.54) is 0 Å². The third-order valence-corrected chi connectivity index (χ3v) is 3.97. The van der Waals surface area contributed by atoms with E-state index in [0.29, 0.717) is 31.8 Å². The van der Waals surface area contributed by atoms with Gasteiger partial charge in [0.1, 0.15) is 11.6 Å². The van der Waals surface area contributed by atoms with E-state index in [-0.39, 0.29) is 5.92 Å². The van der Waals surface area contributed by atoms with Crippen LogP contribution >= 0.6 is 0 Å². The number of aryl methyl sites for hydroxylation is 1. The highest BCUT2D eigenvalue weighted by molar-refractivity contribution is 5.70. The number of piperidine rings is 1. The maximum absolute atomic E-state index is 11.0. The number of carboxylic acids is 1. The molecule has 6 nitrogen and oxygen atoms in total. The van der Waals surface area contributed by atoms with Crippen molar-refractivity contribution in [1.82, 2.24) is 15.0 Å². The number of carbonyl (C=O) groups is 1. The second-order valence-corrected chi connectivity index (χ2v) is 5.49. The van der Waals surface area contributed by atoms with E-state index < -0.39 is 5.97 Å². The van der Waals surface area contributed by atoms with Crippen molar-refractivity contribution in [2.45, 2.75) is 19.8 Å². The predicted molar refractivity (Wildman–Crippen MR) is 82.6 cm³/mol. The molecule has 0 amide bonds. The highest BCUT2D eigenvalue weighted by atomic mass is 16.4. The van der Waals surface area contributed by atoms with Gasteiger partial charge in [-0.25, -0.2) is 9.97 Å². The lowest BCUT2D eigenvalue weighted by Gasteiger charge is -2.31. The van der Waals surface area contributed by atoms with Crippen LogP contribution in [-0.4, -0.2) is 39.1 Å². The third-order valence-electron chi connectivity index (χ3n) is 3.97. The molecule has 0 aromatic carbocycles. The van der Waals surface area contributed by atoms with Crippen LogP contribution in [0.5, 0.6) is 0 Å². The molecule has 0 saturated carbocycles. The van der Waals surface area contributed by atoms with Crippen molar-refractivity contribution in [2.75, 3.05) is 18.0 Å². The first-order valence-corrected chi connectivity index (χ1v) is 7.37. The number of nitrogens with zero attached hydrogens (tertiary/aromatic N) is 4.